The number of rotatable bonds is 6. The van der Waals surface area contributed by atoms with Gasteiger partial charge in [-0.05, 0) is 31.9 Å². The molecule has 8 nitrogen and oxygen atoms in total. The summed E-state index contributed by atoms with van der Waals surface area (Å²) >= 11 is 0. The molecule has 3 heterocycles. The predicted molar refractivity (Wildman–Crippen MR) is 92.0 cm³/mol. The molecule has 0 unspecified atom stereocenters. The van der Waals surface area contributed by atoms with Gasteiger partial charge < -0.3 is 19.5 Å². The van der Waals surface area contributed by atoms with Crippen molar-refractivity contribution in [3.63, 3.8) is 0 Å². The minimum Gasteiger partial charge on any atom is -0.384 e. The molecule has 1 fully saturated rings. The first-order valence-electron chi connectivity index (χ1n) is 8.45. The zero-order valence-corrected chi connectivity index (χ0v) is 14.6. The number of methoxy groups -OCH3 is 1. The van der Waals surface area contributed by atoms with E-state index in [0.29, 0.717) is 30.8 Å². The fourth-order valence-corrected chi connectivity index (χ4v) is 2.89. The van der Waals surface area contributed by atoms with Crippen molar-refractivity contribution in [1.29, 1.82) is 0 Å². The number of amides is 1. The molecule has 134 valence electrons. The topological polar surface area (TPSA) is 93.4 Å². The van der Waals surface area contributed by atoms with Crippen molar-refractivity contribution in [2.24, 2.45) is 0 Å². The smallest absolute Gasteiger partial charge is 0.258 e. The Hall–Kier alpha value is -2.48. The molecule has 0 atom stereocenters. The van der Waals surface area contributed by atoms with Gasteiger partial charge in [-0.15, -0.1) is 0 Å². The van der Waals surface area contributed by atoms with E-state index in [4.69, 9.17) is 9.26 Å². The van der Waals surface area contributed by atoms with Crippen molar-refractivity contribution >= 4 is 11.7 Å². The van der Waals surface area contributed by atoms with Gasteiger partial charge in [0.2, 0.25) is 5.91 Å². The third kappa shape index (κ3) is 4.54. The molecule has 2 aromatic heterocycles. The molecular weight excluding hydrogens is 322 g/mol. The summed E-state index contributed by atoms with van der Waals surface area (Å²) in [6.45, 7) is 3.77. The van der Waals surface area contributed by atoms with Crippen molar-refractivity contribution < 1.29 is 14.1 Å². The molecule has 0 aliphatic carbocycles. The standard InChI is InChI=1S/C17H23N5O3/c1-12-19-17(25-21-12)13-3-7-18-15(11-13)20-14-4-8-22(9-5-14)16(23)6-10-24-2/h3,7,11,14H,4-6,8-10H2,1-2H3,(H,18,20). The Kier molecular flexibility index (Phi) is 5.60. The highest BCUT2D eigenvalue weighted by atomic mass is 16.5. The summed E-state index contributed by atoms with van der Waals surface area (Å²) in [5.41, 5.74) is 0.838. The number of nitrogens with one attached hydrogen (secondary N) is 1. The molecule has 25 heavy (non-hydrogen) atoms. The number of pyridine rings is 1. The Bertz CT molecular complexity index is 710. The highest BCUT2D eigenvalue weighted by Gasteiger charge is 2.22. The molecule has 1 N–H and O–H groups in total. The number of ether oxygens (including phenoxy) is 1. The van der Waals surface area contributed by atoms with Gasteiger partial charge in [-0.2, -0.15) is 4.98 Å². The van der Waals surface area contributed by atoms with Crippen LogP contribution in [-0.4, -0.2) is 58.8 Å². The van der Waals surface area contributed by atoms with Crippen molar-refractivity contribution in [2.75, 3.05) is 32.1 Å². The van der Waals surface area contributed by atoms with Gasteiger partial charge in [0, 0.05) is 38.0 Å². The first-order valence-corrected chi connectivity index (χ1v) is 8.45. The van der Waals surface area contributed by atoms with Gasteiger partial charge in [0.1, 0.15) is 5.82 Å². The molecule has 0 aromatic carbocycles. The number of hydrogen-bond acceptors (Lipinski definition) is 7. The Labute approximate surface area is 146 Å². The SMILES string of the molecule is COCCC(=O)N1CCC(Nc2cc(-c3nc(C)no3)ccn2)CC1. The van der Waals surface area contributed by atoms with E-state index in [2.05, 4.69) is 20.4 Å². The van der Waals surface area contributed by atoms with Crippen LogP contribution in [0.4, 0.5) is 5.82 Å². The first kappa shape index (κ1) is 17.3. The van der Waals surface area contributed by atoms with Gasteiger partial charge in [-0.3, -0.25) is 4.79 Å². The van der Waals surface area contributed by atoms with Crippen LogP contribution >= 0.6 is 0 Å². The number of carbonyl (C=O) groups is 1. The lowest BCUT2D eigenvalue weighted by Gasteiger charge is -2.32. The zero-order valence-electron chi connectivity index (χ0n) is 14.6. The lowest BCUT2D eigenvalue weighted by Crippen LogP contribution is -2.42. The normalized spacial score (nSPS) is 15.4. The molecule has 0 radical (unpaired) electrons. The molecular formula is C17H23N5O3. The minimum absolute atomic E-state index is 0.159. The molecule has 2 aromatic rings. The molecule has 0 saturated carbocycles. The van der Waals surface area contributed by atoms with E-state index in [1.165, 1.54) is 0 Å². The summed E-state index contributed by atoms with van der Waals surface area (Å²) in [5.74, 6) is 2.03. The molecule has 1 aliphatic rings. The van der Waals surface area contributed by atoms with E-state index >= 15 is 0 Å². The predicted octanol–water partition coefficient (Wildman–Crippen LogP) is 1.88. The summed E-state index contributed by atoms with van der Waals surface area (Å²) in [7, 11) is 1.61. The molecule has 3 rings (SSSR count). The van der Waals surface area contributed by atoms with Crippen LogP contribution in [0.3, 0.4) is 0 Å². The molecule has 8 heteroatoms. The van der Waals surface area contributed by atoms with Crippen LogP contribution in [-0.2, 0) is 9.53 Å². The van der Waals surface area contributed by atoms with Gasteiger partial charge in [0.25, 0.3) is 5.89 Å². The van der Waals surface area contributed by atoms with Gasteiger partial charge in [0.05, 0.1) is 13.0 Å². The van der Waals surface area contributed by atoms with Gasteiger partial charge >= 0.3 is 0 Å². The van der Waals surface area contributed by atoms with Crippen molar-refractivity contribution in [1.82, 2.24) is 20.0 Å². The minimum atomic E-state index is 0.159. The van der Waals surface area contributed by atoms with Crippen LogP contribution in [0.25, 0.3) is 11.5 Å². The van der Waals surface area contributed by atoms with Crippen LogP contribution in [0, 0.1) is 6.92 Å². The Balaban J connectivity index is 1.55. The fraction of sp³-hybridized carbons (Fsp3) is 0.529. The third-order valence-corrected chi connectivity index (χ3v) is 4.25. The Morgan fingerprint density at radius 2 is 2.24 bits per heavy atom. The van der Waals surface area contributed by atoms with Gasteiger partial charge in [0.15, 0.2) is 5.82 Å². The average molecular weight is 345 g/mol. The quantitative estimate of drug-likeness (QED) is 0.854. The number of piperidine rings is 1. The van der Waals surface area contributed by atoms with E-state index in [1.807, 2.05) is 17.0 Å². The first-order chi connectivity index (χ1) is 12.2. The van der Waals surface area contributed by atoms with E-state index in [9.17, 15) is 4.79 Å². The third-order valence-electron chi connectivity index (χ3n) is 4.25. The van der Waals surface area contributed by atoms with Crippen LogP contribution in [0.2, 0.25) is 0 Å². The van der Waals surface area contributed by atoms with Crippen molar-refractivity contribution in [2.45, 2.75) is 32.2 Å². The van der Waals surface area contributed by atoms with Gasteiger partial charge in [-0.25, -0.2) is 4.98 Å². The Morgan fingerprint density at radius 3 is 2.92 bits per heavy atom. The molecule has 1 saturated heterocycles. The molecule has 0 bridgehead atoms. The number of aryl methyl sites for hydroxylation is 1. The number of hydrogen-bond donors (Lipinski definition) is 1. The number of carbonyl (C=O) groups excluding carboxylic acids is 1. The monoisotopic (exact) mass is 345 g/mol. The maximum Gasteiger partial charge on any atom is 0.258 e. The maximum absolute atomic E-state index is 12.0. The largest absolute Gasteiger partial charge is 0.384 e. The average Bonchev–Trinajstić information content (AvgIpc) is 3.07. The number of likely N-dealkylation sites (tertiary alicyclic amines) is 1. The van der Waals surface area contributed by atoms with E-state index < -0.39 is 0 Å². The second-order valence-corrected chi connectivity index (χ2v) is 6.12. The highest BCUT2D eigenvalue weighted by Crippen LogP contribution is 2.21. The summed E-state index contributed by atoms with van der Waals surface area (Å²) in [4.78, 5) is 22.5. The number of aromatic nitrogens is 3. The van der Waals surface area contributed by atoms with Gasteiger partial charge in [-0.1, -0.05) is 5.16 Å². The lowest BCUT2D eigenvalue weighted by molar-refractivity contribution is -0.133. The molecule has 0 spiro atoms. The van der Waals surface area contributed by atoms with E-state index in [0.717, 1.165) is 37.3 Å². The summed E-state index contributed by atoms with van der Waals surface area (Å²) < 4.78 is 10.2. The fourth-order valence-electron chi connectivity index (χ4n) is 2.89. The number of nitrogens with zero attached hydrogens (tertiary/aromatic N) is 4. The van der Waals surface area contributed by atoms with Crippen molar-refractivity contribution in [3.8, 4) is 11.5 Å². The lowest BCUT2D eigenvalue weighted by atomic mass is 10.0. The highest BCUT2D eigenvalue weighted by molar-refractivity contribution is 5.76. The Morgan fingerprint density at radius 1 is 1.44 bits per heavy atom. The van der Waals surface area contributed by atoms with E-state index in [1.54, 1.807) is 20.2 Å². The second kappa shape index (κ2) is 8.06. The molecule has 1 amide bonds. The van der Waals surface area contributed by atoms with Crippen LogP contribution < -0.4 is 5.32 Å². The van der Waals surface area contributed by atoms with Crippen LogP contribution in [0.1, 0.15) is 25.1 Å². The second-order valence-electron chi connectivity index (χ2n) is 6.12. The molecule has 1 aliphatic heterocycles. The maximum atomic E-state index is 12.0. The summed E-state index contributed by atoms with van der Waals surface area (Å²) in [6.07, 6.45) is 3.96. The van der Waals surface area contributed by atoms with Crippen LogP contribution in [0.15, 0.2) is 22.9 Å². The summed E-state index contributed by atoms with van der Waals surface area (Å²) in [5, 5.41) is 7.25. The van der Waals surface area contributed by atoms with Crippen molar-refractivity contribution in [3.05, 3.63) is 24.2 Å². The number of anilines is 1. The van der Waals surface area contributed by atoms with Crippen LogP contribution in [0.5, 0.6) is 0 Å². The zero-order chi connectivity index (χ0) is 17.6. The summed E-state index contributed by atoms with van der Waals surface area (Å²) in [6, 6.07) is 4.04. The van der Waals surface area contributed by atoms with E-state index in [-0.39, 0.29) is 5.91 Å².